The number of fused-ring (bicyclic) bond motifs is 2. The molecule has 2 unspecified atom stereocenters. The summed E-state index contributed by atoms with van der Waals surface area (Å²) in [5.41, 5.74) is 6.11. The monoisotopic (exact) mass is 556 g/mol. The number of allylic oxidation sites excluding steroid dienone is 3. The summed E-state index contributed by atoms with van der Waals surface area (Å²) in [6.07, 6.45) is 8.20. The van der Waals surface area contributed by atoms with Crippen LogP contribution in [0.5, 0.6) is 0 Å². The lowest BCUT2D eigenvalue weighted by molar-refractivity contribution is 0.223. The van der Waals surface area contributed by atoms with Gasteiger partial charge in [-0.25, -0.2) is 0 Å². The average molecular weight is 557 g/mol. The summed E-state index contributed by atoms with van der Waals surface area (Å²) >= 11 is 4.98. The van der Waals surface area contributed by atoms with Crippen molar-refractivity contribution < 1.29 is 19.0 Å². The summed E-state index contributed by atoms with van der Waals surface area (Å²) in [6, 6.07) is 17.3. The predicted octanol–water partition coefficient (Wildman–Crippen LogP) is 6.04. The molecule has 38 heavy (non-hydrogen) atoms. The quantitative estimate of drug-likeness (QED) is 0.258. The maximum absolute atomic E-state index is 9.94. The van der Waals surface area contributed by atoms with Crippen LogP contribution in [0.3, 0.4) is 0 Å². The highest BCUT2D eigenvalue weighted by atomic mass is 32.5. The smallest absolute Gasteiger partial charge is 0.324 e. The van der Waals surface area contributed by atoms with Crippen molar-refractivity contribution in [1.29, 1.82) is 0 Å². The zero-order chi connectivity index (χ0) is 27.6. The third kappa shape index (κ3) is 5.65. The Morgan fingerprint density at radius 1 is 0.974 bits per heavy atom. The molecule has 2 N–H and O–H groups in total. The molecular formula is C30H41N2O4PS. The van der Waals surface area contributed by atoms with Crippen LogP contribution < -0.4 is 9.80 Å². The molecule has 6 nitrogen and oxygen atoms in total. The first-order valence-electron chi connectivity index (χ1n) is 13.3. The molecule has 8 heteroatoms. The van der Waals surface area contributed by atoms with Crippen LogP contribution in [0.1, 0.15) is 51.7 Å². The van der Waals surface area contributed by atoms with Crippen molar-refractivity contribution >= 4 is 29.9 Å². The van der Waals surface area contributed by atoms with Crippen LogP contribution in [0, 0.1) is 0 Å². The number of aliphatic hydroxyl groups excluding tert-OH is 1. The van der Waals surface area contributed by atoms with Crippen molar-refractivity contribution in [1.82, 2.24) is 0 Å². The molecule has 0 amide bonds. The van der Waals surface area contributed by atoms with E-state index in [9.17, 15) is 10.00 Å². The molecule has 0 radical (unpaired) electrons. The van der Waals surface area contributed by atoms with Crippen molar-refractivity contribution in [3.63, 3.8) is 0 Å². The third-order valence-electron chi connectivity index (χ3n) is 7.90. The number of benzene rings is 2. The van der Waals surface area contributed by atoms with Crippen LogP contribution in [0.15, 0.2) is 72.5 Å². The fraction of sp³-hybridized carbons (Fsp3) is 0.467. The largest absolute Gasteiger partial charge is 0.396 e. The molecule has 2 aliphatic heterocycles. The maximum atomic E-state index is 9.94. The molecule has 0 fully saturated rings. The SMILES string of the molecule is COP(O)(=S)OCCCN1c2ccccc2C(C)(C)C1/C=C/C=C1/N(CCCO)c2ccccc2C1(C)C. The van der Waals surface area contributed by atoms with E-state index in [4.69, 9.17) is 20.9 Å². The Labute approximate surface area is 232 Å². The van der Waals surface area contributed by atoms with Gasteiger partial charge in [0.15, 0.2) is 0 Å². The van der Waals surface area contributed by atoms with Gasteiger partial charge in [0.05, 0.1) is 12.6 Å². The van der Waals surface area contributed by atoms with Crippen molar-refractivity contribution in [3.8, 4) is 0 Å². The standard InChI is InChI=1S/C30H41N2O4PS/c1-29(2)23-13-6-8-15-25(23)31(19-11-21-33)27(29)17-10-18-28-30(3,4)24-14-7-9-16-26(24)32(28)20-12-22-36-37(34,38)35-5/h6-10,13-18,28,33H,11-12,19-22H2,1-5H3,(H,34,38)/b18-10+,27-17+. The zero-order valence-corrected chi connectivity index (χ0v) is 24.8. The molecule has 2 aliphatic rings. The molecule has 2 atom stereocenters. The van der Waals surface area contributed by atoms with Gasteiger partial charge in [0.2, 0.25) is 0 Å². The Hall–Kier alpha value is -1.99. The summed E-state index contributed by atoms with van der Waals surface area (Å²) in [4.78, 5) is 14.7. The third-order valence-corrected chi connectivity index (χ3v) is 9.63. The van der Waals surface area contributed by atoms with E-state index in [1.807, 2.05) is 0 Å². The fourth-order valence-corrected chi connectivity index (χ4v) is 6.59. The van der Waals surface area contributed by atoms with E-state index in [0.29, 0.717) is 6.61 Å². The van der Waals surface area contributed by atoms with Crippen LogP contribution in [-0.4, -0.2) is 49.5 Å². The summed E-state index contributed by atoms with van der Waals surface area (Å²) in [5, 5.41) is 9.53. The van der Waals surface area contributed by atoms with Gasteiger partial charge in [-0.2, -0.15) is 0 Å². The van der Waals surface area contributed by atoms with Crippen LogP contribution >= 0.6 is 6.72 Å². The van der Waals surface area contributed by atoms with Crippen molar-refractivity contribution in [2.75, 3.05) is 43.2 Å². The molecule has 0 saturated heterocycles. The Morgan fingerprint density at radius 3 is 2.32 bits per heavy atom. The highest BCUT2D eigenvalue weighted by molar-refractivity contribution is 8.07. The van der Waals surface area contributed by atoms with Gasteiger partial charge in [0, 0.05) is 54.7 Å². The van der Waals surface area contributed by atoms with Crippen LogP contribution in [0.2, 0.25) is 0 Å². The zero-order valence-electron chi connectivity index (χ0n) is 23.1. The van der Waals surface area contributed by atoms with E-state index in [1.54, 1.807) is 0 Å². The minimum Gasteiger partial charge on any atom is -0.396 e. The minimum absolute atomic E-state index is 0.0878. The summed E-state index contributed by atoms with van der Waals surface area (Å²) in [6.45, 7) is 8.05. The summed E-state index contributed by atoms with van der Waals surface area (Å²) in [5.74, 6) is 0. The first-order valence-corrected chi connectivity index (χ1v) is 15.9. The molecule has 0 bridgehead atoms. The first kappa shape index (κ1) is 29.0. The molecule has 206 valence electrons. The second-order valence-electron chi connectivity index (χ2n) is 11.0. The summed E-state index contributed by atoms with van der Waals surface area (Å²) < 4.78 is 10.3. The predicted molar refractivity (Wildman–Crippen MR) is 160 cm³/mol. The lowest BCUT2D eigenvalue weighted by Gasteiger charge is -2.32. The van der Waals surface area contributed by atoms with Gasteiger partial charge in [-0.3, -0.25) is 0 Å². The van der Waals surface area contributed by atoms with Gasteiger partial charge in [-0.15, -0.1) is 0 Å². The molecule has 0 aromatic heterocycles. The Balaban J connectivity index is 1.61. The van der Waals surface area contributed by atoms with Crippen molar-refractivity contribution in [3.05, 3.63) is 83.6 Å². The van der Waals surface area contributed by atoms with E-state index in [0.717, 1.165) is 25.9 Å². The average Bonchev–Trinajstić information content (AvgIpc) is 3.24. The Kier molecular flexibility index (Phi) is 8.88. The molecule has 4 rings (SSSR count). The lowest BCUT2D eigenvalue weighted by atomic mass is 9.80. The minimum atomic E-state index is -3.15. The number of anilines is 2. The molecule has 2 aromatic carbocycles. The normalized spacial score (nSPS) is 22.2. The molecule has 0 aliphatic carbocycles. The number of rotatable bonds is 11. The molecule has 0 spiro atoms. The highest BCUT2D eigenvalue weighted by Gasteiger charge is 2.43. The second kappa shape index (κ2) is 11.6. The van der Waals surface area contributed by atoms with Gasteiger partial charge >= 0.3 is 6.72 Å². The van der Waals surface area contributed by atoms with Crippen LogP contribution in [0.25, 0.3) is 0 Å². The van der Waals surface area contributed by atoms with Gasteiger partial charge < -0.3 is 28.8 Å². The van der Waals surface area contributed by atoms with Crippen molar-refractivity contribution in [2.24, 2.45) is 0 Å². The number of nitrogens with zero attached hydrogens (tertiary/aromatic N) is 2. The summed E-state index contributed by atoms with van der Waals surface area (Å²) in [7, 11) is 1.38. The second-order valence-corrected chi connectivity index (χ2v) is 14.0. The van der Waals surface area contributed by atoms with Gasteiger partial charge in [0.25, 0.3) is 0 Å². The van der Waals surface area contributed by atoms with Gasteiger partial charge in [0.1, 0.15) is 0 Å². The Morgan fingerprint density at radius 2 is 1.63 bits per heavy atom. The van der Waals surface area contributed by atoms with E-state index in [2.05, 4.69) is 104 Å². The van der Waals surface area contributed by atoms with E-state index in [1.165, 1.54) is 35.3 Å². The topological polar surface area (TPSA) is 65.4 Å². The van der Waals surface area contributed by atoms with Gasteiger partial charge in [-0.1, -0.05) is 76.2 Å². The first-order chi connectivity index (χ1) is 18.0. The maximum Gasteiger partial charge on any atom is 0.324 e. The van der Waals surface area contributed by atoms with E-state index < -0.39 is 6.72 Å². The van der Waals surface area contributed by atoms with Crippen molar-refractivity contribution in [2.45, 2.75) is 57.4 Å². The van der Waals surface area contributed by atoms with E-state index >= 15 is 0 Å². The van der Waals surface area contributed by atoms with Crippen LogP contribution in [-0.2, 0) is 31.7 Å². The molecular weight excluding hydrogens is 515 g/mol. The van der Waals surface area contributed by atoms with E-state index in [-0.39, 0.29) is 23.5 Å². The molecule has 2 heterocycles. The van der Waals surface area contributed by atoms with Gasteiger partial charge in [-0.05, 0) is 54.0 Å². The number of aliphatic hydroxyl groups is 1. The highest BCUT2D eigenvalue weighted by Crippen LogP contribution is 2.49. The number of para-hydroxylation sites is 2. The fourth-order valence-electron chi connectivity index (χ4n) is 5.90. The van der Waals surface area contributed by atoms with Crippen LogP contribution in [0.4, 0.5) is 11.4 Å². The molecule has 2 aromatic rings. The lowest BCUT2D eigenvalue weighted by Crippen LogP contribution is -2.40. The Bertz CT molecular complexity index is 1240. The molecule has 0 saturated carbocycles. The number of hydrogen-bond donors (Lipinski definition) is 2. The number of hydrogen-bond acceptors (Lipinski definition) is 6.